The summed E-state index contributed by atoms with van der Waals surface area (Å²) in [5.41, 5.74) is 2.78. The fraction of sp³-hybridized carbons (Fsp3) is 0.300. The van der Waals surface area contributed by atoms with Crippen LogP contribution >= 0.6 is 0 Å². The maximum Gasteiger partial charge on any atom is 0.416 e. The van der Waals surface area contributed by atoms with E-state index in [9.17, 15) is 18.0 Å². The van der Waals surface area contributed by atoms with Gasteiger partial charge in [0.2, 0.25) is 0 Å². The number of piperidine rings is 1. The van der Waals surface area contributed by atoms with E-state index in [0.29, 0.717) is 23.6 Å². The van der Waals surface area contributed by atoms with E-state index in [0.717, 1.165) is 54.0 Å². The number of benzene rings is 2. The number of carbonyl (C=O) groups excluding carboxylic acids is 1. The van der Waals surface area contributed by atoms with Gasteiger partial charge in [0.1, 0.15) is 18.2 Å². The van der Waals surface area contributed by atoms with Crippen LogP contribution in [0.2, 0.25) is 0 Å². The molecule has 9 heteroatoms. The predicted molar refractivity (Wildman–Crippen MR) is 141 cm³/mol. The number of alkyl halides is 3. The lowest BCUT2D eigenvalue weighted by Crippen LogP contribution is -2.38. The van der Waals surface area contributed by atoms with Gasteiger partial charge in [-0.1, -0.05) is 30.2 Å². The maximum absolute atomic E-state index is 13.1. The Bertz CT molecular complexity index is 1580. The highest BCUT2D eigenvalue weighted by Crippen LogP contribution is 2.36. The Labute approximate surface area is 224 Å². The van der Waals surface area contributed by atoms with Crippen molar-refractivity contribution in [2.45, 2.75) is 51.9 Å². The zero-order chi connectivity index (χ0) is 27.6. The molecule has 6 nitrogen and oxygen atoms in total. The second-order valence-electron chi connectivity index (χ2n) is 9.45. The first-order valence-electron chi connectivity index (χ1n) is 12.7. The van der Waals surface area contributed by atoms with E-state index in [4.69, 9.17) is 9.72 Å². The second-order valence-corrected chi connectivity index (χ2v) is 9.45. The van der Waals surface area contributed by atoms with Crippen molar-refractivity contribution >= 4 is 11.4 Å². The first-order chi connectivity index (χ1) is 18.8. The first kappa shape index (κ1) is 26.3. The van der Waals surface area contributed by atoms with E-state index in [-0.39, 0.29) is 18.6 Å². The van der Waals surface area contributed by atoms with Gasteiger partial charge >= 0.3 is 6.18 Å². The van der Waals surface area contributed by atoms with Gasteiger partial charge in [-0.05, 0) is 68.9 Å². The van der Waals surface area contributed by atoms with Gasteiger partial charge in [-0.3, -0.25) is 14.2 Å². The third kappa shape index (κ3) is 5.46. The Hall–Kier alpha value is -4.32. The molecule has 1 amide bonds. The average molecular weight is 533 g/mol. The molecule has 200 valence electrons. The number of hydrogen-bond acceptors (Lipinski definition) is 4. The van der Waals surface area contributed by atoms with E-state index >= 15 is 0 Å². The van der Waals surface area contributed by atoms with Crippen molar-refractivity contribution in [3.05, 3.63) is 83.6 Å². The number of ether oxygens (including phenoxy) is 1. The van der Waals surface area contributed by atoms with E-state index in [2.05, 4.69) is 16.8 Å². The number of aryl methyl sites for hydroxylation is 1. The number of likely N-dealkylation sites (tertiary alicyclic amines) is 1. The molecule has 0 spiro atoms. The van der Waals surface area contributed by atoms with Crippen LogP contribution in [0.3, 0.4) is 0 Å². The van der Waals surface area contributed by atoms with Crippen LogP contribution in [-0.2, 0) is 17.6 Å². The van der Waals surface area contributed by atoms with Crippen LogP contribution in [0, 0.1) is 18.8 Å². The number of fused-ring (bicyclic) bond motifs is 1. The molecule has 1 aliphatic heterocycles. The molecular weight excluding hydrogens is 505 g/mol. The maximum atomic E-state index is 13.1. The molecule has 4 aromatic rings. The summed E-state index contributed by atoms with van der Waals surface area (Å²) in [5.74, 6) is 6.41. The van der Waals surface area contributed by atoms with Gasteiger partial charge in [0.25, 0.3) is 5.91 Å². The normalized spacial score (nSPS) is 15.6. The molecule has 2 aromatic carbocycles. The monoisotopic (exact) mass is 532 g/mol. The van der Waals surface area contributed by atoms with Crippen LogP contribution in [0.5, 0.6) is 5.75 Å². The lowest BCUT2D eigenvalue weighted by atomic mass is 10.0. The highest BCUT2D eigenvalue weighted by atomic mass is 19.4. The lowest BCUT2D eigenvalue weighted by molar-refractivity contribution is -0.137. The molecule has 0 radical (unpaired) electrons. The zero-order valence-corrected chi connectivity index (χ0v) is 21.6. The minimum Gasteiger partial charge on any atom is -0.489 e. The third-order valence-corrected chi connectivity index (χ3v) is 6.83. The van der Waals surface area contributed by atoms with Gasteiger partial charge in [0.15, 0.2) is 0 Å². The van der Waals surface area contributed by atoms with Crippen molar-refractivity contribution in [3.63, 3.8) is 0 Å². The Morgan fingerprint density at radius 2 is 1.97 bits per heavy atom. The number of rotatable bonds is 5. The number of aromatic nitrogens is 3. The molecule has 1 aliphatic rings. The van der Waals surface area contributed by atoms with Crippen molar-refractivity contribution in [1.82, 2.24) is 19.3 Å². The summed E-state index contributed by atoms with van der Waals surface area (Å²) in [4.78, 5) is 24.1. The molecule has 1 saturated heterocycles. The quantitative estimate of drug-likeness (QED) is 0.280. The van der Waals surface area contributed by atoms with Crippen LogP contribution in [0.25, 0.3) is 16.8 Å². The molecule has 0 bridgehead atoms. The average Bonchev–Trinajstić information content (AvgIpc) is 3.33. The van der Waals surface area contributed by atoms with Gasteiger partial charge in [-0.2, -0.15) is 13.2 Å². The molecule has 1 unspecified atom stereocenters. The molecule has 1 atom stereocenters. The summed E-state index contributed by atoms with van der Waals surface area (Å²) in [7, 11) is 0. The Kier molecular flexibility index (Phi) is 7.29. The molecule has 1 fully saturated rings. The zero-order valence-electron chi connectivity index (χ0n) is 21.6. The van der Waals surface area contributed by atoms with Gasteiger partial charge in [-0.15, -0.1) is 0 Å². The highest BCUT2D eigenvalue weighted by Gasteiger charge is 2.32. The summed E-state index contributed by atoms with van der Waals surface area (Å²) in [5, 5.41) is 0. The number of hydrogen-bond donors (Lipinski definition) is 0. The number of imidazole rings is 1. The van der Waals surface area contributed by atoms with Crippen LogP contribution in [0.15, 0.2) is 60.9 Å². The van der Waals surface area contributed by atoms with Crippen molar-refractivity contribution in [3.8, 4) is 28.8 Å². The van der Waals surface area contributed by atoms with Crippen molar-refractivity contribution < 1.29 is 22.7 Å². The summed E-state index contributed by atoms with van der Waals surface area (Å²) in [6, 6.07) is 12.2. The van der Waals surface area contributed by atoms with Gasteiger partial charge in [0.05, 0.1) is 28.5 Å². The topological polar surface area (TPSA) is 59.7 Å². The van der Waals surface area contributed by atoms with E-state index in [1.807, 2.05) is 35.7 Å². The van der Waals surface area contributed by atoms with Crippen LogP contribution in [-0.4, -0.2) is 31.7 Å². The minimum absolute atomic E-state index is 0.0131. The number of carbonyl (C=O) groups is 1. The first-order valence-corrected chi connectivity index (χ1v) is 12.7. The molecule has 0 saturated carbocycles. The number of halogens is 3. The standard InChI is InChI=1S/C30H27F3N4O2/c1-3-8-26(38)36-15-5-4-13-25(36)29-35-27(28-20(2)34-14-16-37(28)29)22-10-7-12-24(18-22)39-19-21-9-6-11-23(17-21)30(31,32)33/h6-7,9-12,14,16-18,25H,4-5,13,15,19H2,1-2H3. The number of nitrogens with zero attached hydrogens (tertiary/aromatic N) is 4. The molecular formula is C30H27F3N4O2. The van der Waals surface area contributed by atoms with Gasteiger partial charge in [0, 0.05) is 24.5 Å². The number of amides is 1. The Balaban J connectivity index is 1.49. The molecule has 0 aliphatic carbocycles. The third-order valence-electron chi connectivity index (χ3n) is 6.83. The fourth-order valence-electron chi connectivity index (χ4n) is 5.01. The van der Waals surface area contributed by atoms with Crippen LogP contribution in [0.1, 0.15) is 54.9 Å². The Morgan fingerprint density at radius 1 is 1.15 bits per heavy atom. The fourth-order valence-corrected chi connectivity index (χ4v) is 5.01. The molecule has 5 rings (SSSR count). The summed E-state index contributed by atoms with van der Waals surface area (Å²) >= 11 is 0. The minimum atomic E-state index is -4.41. The van der Waals surface area contributed by atoms with Crippen LogP contribution < -0.4 is 4.74 Å². The summed E-state index contributed by atoms with van der Waals surface area (Å²) in [6.45, 7) is 4.16. The van der Waals surface area contributed by atoms with Gasteiger partial charge < -0.3 is 9.64 Å². The van der Waals surface area contributed by atoms with E-state index in [1.165, 1.54) is 6.07 Å². The van der Waals surface area contributed by atoms with Crippen molar-refractivity contribution in [2.75, 3.05) is 6.54 Å². The van der Waals surface area contributed by atoms with Crippen molar-refractivity contribution in [2.24, 2.45) is 0 Å². The highest BCUT2D eigenvalue weighted by molar-refractivity contribution is 5.93. The molecule has 39 heavy (non-hydrogen) atoms. The van der Waals surface area contributed by atoms with E-state index < -0.39 is 11.7 Å². The smallest absolute Gasteiger partial charge is 0.416 e. The molecule has 2 aromatic heterocycles. The molecule has 3 heterocycles. The SMILES string of the molecule is CC#CC(=O)N1CCCCC1c1nc(-c2cccc(OCc3cccc(C(F)(F)F)c3)c2)c2c(C)nccn12. The predicted octanol–water partition coefficient (Wildman–Crippen LogP) is 6.38. The largest absolute Gasteiger partial charge is 0.489 e. The van der Waals surface area contributed by atoms with Crippen molar-refractivity contribution in [1.29, 1.82) is 0 Å². The second kappa shape index (κ2) is 10.8. The lowest BCUT2D eigenvalue weighted by Gasteiger charge is -2.33. The summed E-state index contributed by atoms with van der Waals surface area (Å²) in [6.07, 6.45) is 1.81. The molecule has 0 N–H and O–H groups in total. The van der Waals surface area contributed by atoms with Crippen LogP contribution in [0.4, 0.5) is 13.2 Å². The van der Waals surface area contributed by atoms with Gasteiger partial charge in [-0.25, -0.2) is 4.98 Å². The van der Waals surface area contributed by atoms with E-state index in [1.54, 1.807) is 30.2 Å². The Morgan fingerprint density at radius 3 is 2.77 bits per heavy atom. The summed E-state index contributed by atoms with van der Waals surface area (Å²) < 4.78 is 47.1.